The first-order chi connectivity index (χ1) is 8.66. The molecule has 0 bridgehead atoms. The second-order valence-corrected chi connectivity index (χ2v) is 5.54. The highest BCUT2D eigenvalue weighted by molar-refractivity contribution is 9.10. The molecule has 1 atom stereocenters. The molecule has 0 saturated heterocycles. The first kappa shape index (κ1) is 13.6. The van der Waals surface area contributed by atoms with E-state index in [2.05, 4.69) is 52.4 Å². The van der Waals surface area contributed by atoms with Gasteiger partial charge in [-0.1, -0.05) is 63.9 Å². The zero-order valence-electron chi connectivity index (χ0n) is 10.2. The Labute approximate surface area is 121 Å². The van der Waals surface area contributed by atoms with Crippen LogP contribution in [-0.2, 0) is 6.54 Å². The second kappa shape index (κ2) is 6.37. The summed E-state index contributed by atoms with van der Waals surface area (Å²) in [6.07, 6.45) is 0. The minimum Gasteiger partial charge on any atom is -0.306 e. The van der Waals surface area contributed by atoms with Crippen LogP contribution < -0.4 is 5.32 Å². The van der Waals surface area contributed by atoms with Crippen molar-refractivity contribution in [2.45, 2.75) is 19.5 Å². The average molecular weight is 325 g/mol. The van der Waals surface area contributed by atoms with Gasteiger partial charge >= 0.3 is 0 Å². The van der Waals surface area contributed by atoms with Gasteiger partial charge in [0.2, 0.25) is 0 Å². The number of hydrogen-bond donors (Lipinski definition) is 1. The fourth-order valence-electron chi connectivity index (χ4n) is 1.79. The van der Waals surface area contributed by atoms with E-state index in [9.17, 15) is 0 Å². The maximum absolute atomic E-state index is 5.93. The van der Waals surface area contributed by atoms with E-state index in [1.807, 2.05) is 24.3 Å². The molecule has 18 heavy (non-hydrogen) atoms. The molecule has 0 fully saturated rings. The summed E-state index contributed by atoms with van der Waals surface area (Å²) in [4.78, 5) is 0. The lowest BCUT2D eigenvalue weighted by molar-refractivity contribution is 0.574. The summed E-state index contributed by atoms with van der Waals surface area (Å²) in [6, 6.07) is 16.6. The molecule has 0 spiro atoms. The van der Waals surface area contributed by atoms with Crippen molar-refractivity contribution in [2.75, 3.05) is 0 Å². The molecule has 1 N–H and O–H groups in total. The smallest absolute Gasteiger partial charge is 0.0417 e. The highest BCUT2D eigenvalue weighted by Gasteiger charge is 2.06. The van der Waals surface area contributed by atoms with Crippen LogP contribution in [0.5, 0.6) is 0 Å². The van der Waals surface area contributed by atoms with E-state index in [-0.39, 0.29) is 0 Å². The van der Waals surface area contributed by atoms with E-state index in [0.29, 0.717) is 6.04 Å². The normalized spacial score (nSPS) is 12.4. The zero-order chi connectivity index (χ0) is 13.0. The number of benzene rings is 2. The number of rotatable bonds is 4. The van der Waals surface area contributed by atoms with Crippen LogP contribution in [0.2, 0.25) is 5.02 Å². The molecule has 3 heteroatoms. The van der Waals surface area contributed by atoms with Gasteiger partial charge < -0.3 is 5.32 Å². The molecule has 0 aromatic heterocycles. The molecule has 0 aliphatic carbocycles. The number of halogens is 2. The van der Waals surface area contributed by atoms with Crippen molar-refractivity contribution in [3.05, 3.63) is 69.2 Å². The lowest BCUT2D eigenvalue weighted by Gasteiger charge is -2.15. The zero-order valence-corrected chi connectivity index (χ0v) is 12.5. The van der Waals surface area contributed by atoms with Crippen LogP contribution in [0.25, 0.3) is 0 Å². The second-order valence-electron chi connectivity index (χ2n) is 4.25. The maximum atomic E-state index is 5.93. The number of hydrogen-bond acceptors (Lipinski definition) is 1. The Balaban J connectivity index is 1.99. The first-order valence-electron chi connectivity index (χ1n) is 5.89. The predicted molar refractivity (Wildman–Crippen MR) is 80.8 cm³/mol. The standard InChI is InChI=1S/C15H15BrClN/c1-11(12-5-3-2-4-6-12)18-10-13-7-8-14(17)9-15(13)16/h2-9,11,18H,10H2,1H3/t11-/m0/s1. The summed E-state index contributed by atoms with van der Waals surface area (Å²) in [7, 11) is 0. The Morgan fingerprint density at radius 2 is 1.89 bits per heavy atom. The minimum atomic E-state index is 0.328. The summed E-state index contributed by atoms with van der Waals surface area (Å²) in [5, 5.41) is 4.25. The lowest BCUT2D eigenvalue weighted by Crippen LogP contribution is -2.18. The van der Waals surface area contributed by atoms with Gasteiger partial charge in [-0.15, -0.1) is 0 Å². The van der Waals surface area contributed by atoms with Crippen LogP contribution in [0.1, 0.15) is 24.1 Å². The van der Waals surface area contributed by atoms with Gasteiger partial charge in [0.15, 0.2) is 0 Å². The molecule has 0 aliphatic rings. The molecule has 2 aromatic rings. The molecular formula is C15H15BrClN. The average Bonchev–Trinajstić information content (AvgIpc) is 2.38. The summed E-state index contributed by atoms with van der Waals surface area (Å²) in [6.45, 7) is 2.98. The van der Waals surface area contributed by atoms with Crippen molar-refractivity contribution in [3.63, 3.8) is 0 Å². The molecule has 94 valence electrons. The minimum absolute atomic E-state index is 0.328. The van der Waals surface area contributed by atoms with Crippen molar-refractivity contribution >= 4 is 27.5 Å². The van der Waals surface area contributed by atoms with Crippen molar-refractivity contribution in [3.8, 4) is 0 Å². The van der Waals surface area contributed by atoms with Gasteiger partial charge in [0.1, 0.15) is 0 Å². The van der Waals surface area contributed by atoms with Gasteiger partial charge in [-0.05, 0) is 30.2 Å². The molecule has 0 aliphatic heterocycles. The third kappa shape index (κ3) is 3.58. The predicted octanol–water partition coefficient (Wildman–Crippen LogP) is 4.95. The van der Waals surface area contributed by atoms with E-state index < -0.39 is 0 Å². The van der Waals surface area contributed by atoms with Crippen molar-refractivity contribution in [1.82, 2.24) is 5.32 Å². The van der Waals surface area contributed by atoms with Gasteiger partial charge in [-0.25, -0.2) is 0 Å². The Morgan fingerprint density at radius 1 is 1.17 bits per heavy atom. The fourth-order valence-corrected chi connectivity index (χ4v) is 2.61. The van der Waals surface area contributed by atoms with Crippen LogP contribution >= 0.6 is 27.5 Å². The van der Waals surface area contributed by atoms with Gasteiger partial charge in [0.25, 0.3) is 0 Å². The Hall–Kier alpha value is -0.830. The van der Waals surface area contributed by atoms with E-state index in [1.165, 1.54) is 11.1 Å². The molecule has 0 radical (unpaired) electrons. The SMILES string of the molecule is C[C@H](NCc1ccc(Cl)cc1Br)c1ccccc1. The summed E-state index contributed by atoms with van der Waals surface area (Å²) < 4.78 is 1.04. The highest BCUT2D eigenvalue weighted by atomic mass is 79.9. The quantitative estimate of drug-likeness (QED) is 0.838. The van der Waals surface area contributed by atoms with Crippen LogP contribution in [-0.4, -0.2) is 0 Å². The van der Waals surface area contributed by atoms with Crippen molar-refractivity contribution in [1.29, 1.82) is 0 Å². The Morgan fingerprint density at radius 3 is 2.56 bits per heavy atom. The van der Waals surface area contributed by atoms with Crippen LogP contribution in [0.15, 0.2) is 53.0 Å². The summed E-state index contributed by atoms with van der Waals surface area (Å²) >= 11 is 9.45. The topological polar surface area (TPSA) is 12.0 Å². The van der Waals surface area contributed by atoms with Gasteiger partial charge in [-0.3, -0.25) is 0 Å². The Bertz CT molecular complexity index is 513. The van der Waals surface area contributed by atoms with Gasteiger partial charge in [-0.2, -0.15) is 0 Å². The maximum Gasteiger partial charge on any atom is 0.0417 e. The summed E-state index contributed by atoms with van der Waals surface area (Å²) in [5.74, 6) is 0. The fraction of sp³-hybridized carbons (Fsp3) is 0.200. The van der Waals surface area contributed by atoms with Crippen LogP contribution in [0.4, 0.5) is 0 Å². The van der Waals surface area contributed by atoms with Crippen molar-refractivity contribution in [2.24, 2.45) is 0 Å². The summed E-state index contributed by atoms with van der Waals surface area (Å²) in [5.41, 5.74) is 2.50. The largest absolute Gasteiger partial charge is 0.306 e. The number of nitrogens with one attached hydrogen (secondary N) is 1. The van der Waals surface area contributed by atoms with E-state index in [1.54, 1.807) is 0 Å². The van der Waals surface area contributed by atoms with Gasteiger partial charge in [0, 0.05) is 22.1 Å². The molecule has 0 amide bonds. The Kier molecular flexibility index (Phi) is 4.81. The third-order valence-electron chi connectivity index (χ3n) is 2.91. The molecule has 2 aromatic carbocycles. The first-order valence-corrected chi connectivity index (χ1v) is 7.06. The molecular weight excluding hydrogens is 310 g/mol. The van der Waals surface area contributed by atoms with E-state index in [0.717, 1.165) is 16.0 Å². The van der Waals surface area contributed by atoms with E-state index in [4.69, 9.17) is 11.6 Å². The molecule has 2 rings (SSSR count). The molecule has 0 heterocycles. The molecule has 0 unspecified atom stereocenters. The van der Waals surface area contributed by atoms with Crippen molar-refractivity contribution < 1.29 is 0 Å². The third-order valence-corrected chi connectivity index (χ3v) is 3.89. The monoisotopic (exact) mass is 323 g/mol. The van der Waals surface area contributed by atoms with Crippen LogP contribution in [0.3, 0.4) is 0 Å². The lowest BCUT2D eigenvalue weighted by atomic mass is 10.1. The van der Waals surface area contributed by atoms with Crippen LogP contribution in [0, 0.1) is 0 Å². The van der Waals surface area contributed by atoms with Gasteiger partial charge in [0.05, 0.1) is 0 Å². The highest BCUT2D eigenvalue weighted by Crippen LogP contribution is 2.22. The van der Waals surface area contributed by atoms with E-state index >= 15 is 0 Å². The molecule has 1 nitrogen and oxygen atoms in total. The molecule has 0 saturated carbocycles.